The van der Waals surface area contributed by atoms with E-state index in [1.54, 1.807) is 7.11 Å². The number of carbonyl (C=O) groups is 1. The lowest BCUT2D eigenvalue weighted by Crippen LogP contribution is -2.50. The van der Waals surface area contributed by atoms with Gasteiger partial charge in [-0.25, -0.2) is 0 Å². The molecule has 0 spiro atoms. The van der Waals surface area contributed by atoms with Gasteiger partial charge < -0.3 is 4.74 Å². The molecular weight excluding hydrogens is 380 g/mol. The molecule has 6 atom stereocenters. The normalized spacial score (nSPS) is 32.6. The van der Waals surface area contributed by atoms with Crippen molar-refractivity contribution in [1.82, 2.24) is 0 Å². The van der Waals surface area contributed by atoms with Crippen LogP contribution < -0.4 is 4.74 Å². The maximum absolute atomic E-state index is 13.1. The van der Waals surface area contributed by atoms with Crippen molar-refractivity contribution in [3.05, 3.63) is 42.0 Å². The summed E-state index contributed by atoms with van der Waals surface area (Å²) in [6.07, 6.45) is 6.31. The summed E-state index contributed by atoms with van der Waals surface area (Å²) >= 11 is 0. The first-order valence-corrected chi connectivity index (χ1v) is 12.4. The molecule has 1 aromatic rings. The van der Waals surface area contributed by atoms with Gasteiger partial charge in [0.05, 0.1) is 7.11 Å². The van der Waals surface area contributed by atoms with Gasteiger partial charge in [-0.05, 0) is 78.9 Å². The van der Waals surface area contributed by atoms with Crippen molar-refractivity contribution in [2.45, 2.75) is 86.0 Å². The van der Waals surface area contributed by atoms with Crippen LogP contribution in [0.2, 0.25) is 0 Å². The Bertz CT molecular complexity index is 791. The first-order chi connectivity index (χ1) is 14.6. The minimum Gasteiger partial charge on any atom is -0.497 e. The van der Waals surface area contributed by atoms with Gasteiger partial charge in [-0.1, -0.05) is 71.7 Å². The second kappa shape index (κ2) is 9.12. The minimum absolute atomic E-state index is 0.0719. The molecule has 2 nitrogen and oxygen atoms in total. The summed E-state index contributed by atoms with van der Waals surface area (Å²) in [6, 6.07) is 8.66. The van der Waals surface area contributed by atoms with Crippen LogP contribution in [0, 0.1) is 34.5 Å². The number of methoxy groups -OCH3 is 1. The first-order valence-electron chi connectivity index (χ1n) is 12.4. The number of benzene rings is 1. The van der Waals surface area contributed by atoms with Crippen molar-refractivity contribution in [2.24, 2.45) is 34.5 Å². The number of carbonyl (C=O) groups excluding carboxylic acids is 1. The number of ketones is 1. The van der Waals surface area contributed by atoms with Crippen molar-refractivity contribution < 1.29 is 9.53 Å². The van der Waals surface area contributed by atoms with Crippen LogP contribution in [0.3, 0.4) is 0 Å². The third kappa shape index (κ3) is 4.24. The van der Waals surface area contributed by atoms with Crippen molar-refractivity contribution in [2.75, 3.05) is 7.11 Å². The molecule has 0 aliphatic heterocycles. The number of Topliss-reactive ketones (excluding diaryl/α,β-unsaturated/α-hetero) is 1. The zero-order valence-electron chi connectivity index (χ0n) is 21.0. The lowest BCUT2D eigenvalue weighted by molar-refractivity contribution is -0.132. The number of ether oxygens (including phenoxy) is 1. The van der Waals surface area contributed by atoms with Gasteiger partial charge >= 0.3 is 0 Å². The Hall–Kier alpha value is -1.57. The molecular formula is C29H44O2. The summed E-state index contributed by atoms with van der Waals surface area (Å²) in [7, 11) is 1.72. The smallest absolute Gasteiger partial charge is 0.139 e. The maximum atomic E-state index is 13.1. The lowest BCUT2D eigenvalue weighted by Gasteiger charge is -2.56. The molecule has 0 aromatic heterocycles. The molecule has 1 aromatic carbocycles. The molecule has 31 heavy (non-hydrogen) atoms. The van der Waals surface area contributed by atoms with Crippen molar-refractivity contribution in [3.63, 3.8) is 0 Å². The van der Waals surface area contributed by atoms with Crippen LogP contribution in [-0.2, 0) is 4.79 Å². The van der Waals surface area contributed by atoms with E-state index in [-0.39, 0.29) is 10.8 Å². The van der Waals surface area contributed by atoms with E-state index in [9.17, 15) is 4.79 Å². The number of hydrogen-bond donors (Lipinski definition) is 0. The molecule has 2 heteroatoms. The highest BCUT2D eigenvalue weighted by Gasteiger charge is 2.59. The maximum Gasteiger partial charge on any atom is 0.139 e. The highest BCUT2D eigenvalue weighted by Crippen LogP contribution is 2.64. The molecule has 6 unspecified atom stereocenters. The fourth-order valence-electron chi connectivity index (χ4n) is 7.07. The third-order valence-corrected chi connectivity index (χ3v) is 9.16. The summed E-state index contributed by atoms with van der Waals surface area (Å²) in [5.41, 5.74) is 2.56. The van der Waals surface area contributed by atoms with Crippen LogP contribution in [0.4, 0.5) is 0 Å². The molecule has 2 aliphatic rings. The van der Waals surface area contributed by atoms with E-state index in [2.05, 4.69) is 72.4 Å². The summed E-state index contributed by atoms with van der Waals surface area (Å²) in [6.45, 7) is 18.5. The fraction of sp³-hybridized carbons (Fsp3) is 0.690. The van der Waals surface area contributed by atoms with Gasteiger partial charge in [-0.3, -0.25) is 4.79 Å². The zero-order valence-corrected chi connectivity index (χ0v) is 21.0. The molecule has 2 aliphatic carbocycles. The van der Waals surface area contributed by atoms with E-state index in [4.69, 9.17) is 4.74 Å². The lowest BCUT2D eigenvalue weighted by atomic mass is 9.47. The number of allylic oxidation sites excluding steroid dienone is 1. The molecule has 2 fully saturated rings. The average Bonchev–Trinajstić information content (AvgIpc) is 3.04. The van der Waals surface area contributed by atoms with Crippen molar-refractivity contribution >= 4 is 5.78 Å². The summed E-state index contributed by atoms with van der Waals surface area (Å²) < 4.78 is 5.43. The van der Waals surface area contributed by atoms with E-state index in [1.807, 2.05) is 0 Å². The molecule has 2 saturated carbocycles. The SMILES string of the molecule is C=C(C)C(C)(CCC(C)C)C1C(c2ccc(OC)cc2)CC2(C)C(=O)CCC2C1CC. The van der Waals surface area contributed by atoms with Gasteiger partial charge in [0, 0.05) is 11.8 Å². The van der Waals surface area contributed by atoms with Crippen LogP contribution in [0.5, 0.6) is 5.75 Å². The zero-order chi connectivity index (χ0) is 23.0. The van der Waals surface area contributed by atoms with Crippen molar-refractivity contribution in [3.8, 4) is 5.75 Å². The average molecular weight is 425 g/mol. The molecule has 0 amide bonds. The molecule has 3 rings (SSSR count). The van der Waals surface area contributed by atoms with E-state index in [1.165, 1.54) is 24.0 Å². The summed E-state index contributed by atoms with van der Waals surface area (Å²) in [5.74, 6) is 3.99. The van der Waals surface area contributed by atoms with Gasteiger partial charge in [-0.2, -0.15) is 0 Å². The van der Waals surface area contributed by atoms with Gasteiger partial charge in [-0.15, -0.1) is 0 Å². The highest BCUT2D eigenvalue weighted by molar-refractivity contribution is 5.87. The Labute approximate surface area is 190 Å². The topological polar surface area (TPSA) is 26.3 Å². The van der Waals surface area contributed by atoms with Gasteiger partial charge in [0.1, 0.15) is 11.5 Å². The summed E-state index contributed by atoms with van der Waals surface area (Å²) in [4.78, 5) is 13.1. The van der Waals surface area contributed by atoms with E-state index < -0.39 is 0 Å². The third-order valence-electron chi connectivity index (χ3n) is 9.16. The van der Waals surface area contributed by atoms with E-state index in [0.29, 0.717) is 35.4 Å². The molecule has 172 valence electrons. The molecule has 0 bridgehead atoms. The molecule has 0 saturated heterocycles. The Balaban J connectivity index is 2.13. The Morgan fingerprint density at radius 1 is 1.29 bits per heavy atom. The van der Waals surface area contributed by atoms with Crippen LogP contribution in [0.1, 0.15) is 91.5 Å². The van der Waals surface area contributed by atoms with Gasteiger partial charge in [0.25, 0.3) is 0 Å². The summed E-state index contributed by atoms with van der Waals surface area (Å²) in [5, 5.41) is 0. The van der Waals surface area contributed by atoms with Crippen LogP contribution in [0.25, 0.3) is 0 Å². The standard InChI is InChI=1S/C29H44O2/c1-9-23-25-14-15-26(30)29(25,7)18-24(21-10-12-22(31-8)13-11-21)27(23)28(6,20(4)5)17-16-19(2)3/h10-13,19,23-25,27H,4,9,14-18H2,1-3,5-8H3. The van der Waals surface area contributed by atoms with E-state index >= 15 is 0 Å². The predicted octanol–water partition coefficient (Wildman–Crippen LogP) is 7.83. The number of hydrogen-bond acceptors (Lipinski definition) is 2. The Kier molecular flexibility index (Phi) is 7.08. The first kappa shape index (κ1) is 24.1. The highest BCUT2D eigenvalue weighted by atomic mass is 16.5. The number of fused-ring (bicyclic) bond motifs is 1. The molecule has 0 N–H and O–H groups in total. The van der Waals surface area contributed by atoms with E-state index in [0.717, 1.165) is 31.4 Å². The molecule has 0 heterocycles. The van der Waals surface area contributed by atoms with Crippen LogP contribution >= 0.6 is 0 Å². The number of rotatable bonds is 8. The monoisotopic (exact) mass is 424 g/mol. The van der Waals surface area contributed by atoms with Gasteiger partial charge in [0.2, 0.25) is 0 Å². The second-order valence-corrected chi connectivity index (χ2v) is 11.3. The Morgan fingerprint density at radius 2 is 1.94 bits per heavy atom. The largest absolute Gasteiger partial charge is 0.497 e. The predicted molar refractivity (Wildman–Crippen MR) is 130 cm³/mol. The minimum atomic E-state index is -0.185. The fourth-order valence-corrected chi connectivity index (χ4v) is 7.07. The molecule has 0 radical (unpaired) electrons. The van der Waals surface area contributed by atoms with Crippen molar-refractivity contribution in [1.29, 1.82) is 0 Å². The van der Waals surface area contributed by atoms with Gasteiger partial charge in [0.15, 0.2) is 0 Å². The van der Waals surface area contributed by atoms with Crippen LogP contribution in [0.15, 0.2) is 36.4 Å². The Morgan fingerprint density at radius 3 is 2.45 bits per heavy atom. The second-order valence-electron chi connectivity index (χ2n) is 11.3. The quantitative estimate of drug-likeness (QED) is 0.397. The van der Waals surface area contributed by atoms with Crippen LogP contribution in [-0.4, -0.2) is 12.9 Å².